The Labute approximate surface area is 139 Å². The molecule has 0 atom stereocenters. The summed E-state index contributed by atoms with van der Waals surface area (Å²) in [5.41, 5.74) is 5.19. The number of carbonyl (C=O) groups is 2. The first-order valence-electron chi connectivity index (χ1n) is 7.54. The maximum Gasteiger partial charge on any atom is 0.276 e. The van der Waals surface area contributed by atoms with Crippen LogP contribution in [0.3, 0.4) is 0 Å². The molecule has 126 valence electrons. The molecule has 24 heavy (non-hydrogen) atoms. The fourth-order valence-electron chi connectivity index (χ4n) is 2.11. The van der Waals surface area contributed by atoms with Gasteiger partial charge in [-0.3, -0.25) is 20.4 Å². The van der Waals surface area contributed by atoms with Gasteiger partial charge in [-0.1, -0.05) is 44.2 Å². The lowest BCUT2D eigenvalue weighted by atomic mass is 10.0. The number of para-hydroxylation sites is 1. The van der Waals surface area contributed by atoms with Gasteiger partial charge in [0.2, 0.25) is 0 Å². The highest BCUT2D eigenvalue weighted by molar-refractivity contribution is 5.95. The molecule has 0 radical (unpaired) electrons. The first kappa shape index (κ1) is 17.5. The first-order valence-corrected chi connectivity index (χ1v) is 7.54. The predicted octanol–water partition coefficient (Wildman–Crippen LogP) is 2.79. The van der Waals surface area contributed by atoms with Crippen molar-refractivity contribution in [1.82, 2.24) is 10.9 Å². The van der Waals surface area contributed by atoms with Crippen molar-refractivity contribution in [3.8, 4) is 5.75 Å². The molecule has 0 aromatic heterocycles. The van der Waals surface area contributed by atoms with Crippen molar-refractivity contribution in [2.75, 3.05) is 6.61 Å². The molecule has 0 fully saturated rings. The molecular weight excluding hydrogens is 311 g/mol. The smallest absolute Gasteiger partial charge is 0.276 e. The largest absolute Gasteiger partial charge is 0.483 e. The van der Waals surface area contributed by atoms with E-state index in [9.17, 15) is 14.0 Å². The van der Waals surface area contributed by atoms with Crippen molar-refractivity contribution in [2.45, 2.75) is 19.8 Å². The number of hydrazine groups is 1. The molecule has 2 rings (SSSR count). The average molecular weight is 330 g/mol. The number of hydrogen-bond acceptors (Lipinski definition) is 3. The Kier molecular flexibility index (Phi) is 5.89. The molecule has 0 unspecified atom stereocenters. The van der Waals surface area contributed by atoms with Crippen LogP contribution in [0.25, 0.3) is 0 Å². The van der Waals surface area contributed by atoms with E-state index in [-0.39, 0.29) is 18.1 Å². The molecule has 5 nitrogen and oxygen atoms in total. The minimum atomic E-state index is -0.732. The van der Waals surface area contributed by atoms with E-state index >= 15 is 0 Å². The van der Waals surface area contributed by atoms with Crippen LogP contribution in [0.5, 0.6) is 5.75 Å². The van der Waals surface area contributed by atoms with E-state index in [4.69, 9.17) is 4.74 Å². The van der Waals surface area contributed by atoms with Gasteiger partial charge < -0.3 is 4.74 Å². The zero-order valence-corrected chi connectivity index (χ0v) is 13.5. The SMILES string of the molecule is CC(C)c1ccccc1OCC(=O)NNC(=O)c1ccccc1F. The van der Waals surface area contributed by atoms with Crippen molar-refractivity contribution in [3.63, 3.8) is 0 Å². The van der Waals surface area contributed by atoms with Gasteiger partial charge in [-0.15, -0.1) is 0 Å². The van der Waals surface area contributed by atoms with Crippen LogP contribution in [-0.2, 0) is 4.79 Å². The summed E-state index contributed by atoms with van der Waals surface area (Å²) in [6.45, 7) is 3.79. The van der Waals surface area contributed by atoms with E-state index in [2.05, 4.69) is 10.9 Å². The Balaban J connectivity index is 1.86. The molecule has 0 saturated carbocycles. The maximum absolute atomic E-state index is 13.5. The number of hydrogen-bond donors (Lipinski definition) is 2. The minimum absolute atomic E-state index is 0.149. The van der Waals surface area contributed by atoms with Crippen molar-refractivity contribution in [3.05, 3.63) is 65.5 Å². The molecule has 0 heterocycles. The van der Waals surface area contributed by atoms with Crippen LogP contribution in [0.1, 0.15) is 35.7 Å². The van der Waals surface area contributed by atoms with Crippen LogP contribution in [-0.4, -0.2) is 18.4 Å². The molecule has 0 saturated heterocycles. The van der Waals surface area contributed by atoms with Crippen molar-refractivity contribution in [1.29, 1.82) is 0 Å². The monoisotopic (exact) mass is 330 g/mol. The molecular formula is C18H19FN2O3. The summed E-state index contributed by atoms with van der Waals surface area (Å²) in [4.78, 5) is 23.6. The Bertz CT molecular complexity index is 732. The van der Waals surface area contributed by atoms with Gasteiger partial charge in [0.05, 0.1) is 5.56 Å². The number of amides is 2. The fourth-order valence-corrected chi connectivity index (χ4v) is 2.11. The van der Waals surface area contributed by atoms with Gasteiger partial charge >= 0.3 is 0 Å². The number of carbonyl (C=O) groups excluding carboxylic acids is 2. The van der Waals surface area contributed by atoms with E-state index in [1.165, 1.54) is 24.3 Å². The Morgan fingerprint density at radius 1 is 1.04 bits per heavy atom. The molecule has 6 heteroatoms. The average Bonchev–Trinajstić information content (AvgIpc) is 2.58. The summed E-state index contributed by atoms with van der Waals surface area (Å²) < 4.78 is 18.9. The Morgan fingerprint density at radius 3 is 2.42 bits per heavy atom. The van der Waals surface area contributed by atoms with E-state index in [0.717, 1.165) is 5.56 Å². The van der Waals surface area contributed by atoms with Crippen molar-refractivity contribution < 1.29 is 18.7 Å². The van der Waals surface area contributed by atoms with Crippen LogP contribution in [0.15, 0.2) is 48.5 Å². The molecule has 2 N–H and O–H groups in total. The van der Waals surface area contributed by atoms with Crippen LogP contribution >= 0.6 is 0 Å². The Hall–Kier alpha value is -2.89. The highest BCUT2D eigenvalue weighted by atomic mass is 19.1. The summed E-state index contributed by atoms with van der Waals surface area (Å²) in [6.07, 6.45) is 0. The predicted molar refractivity (Wildman–Crippen MR) is 88.0 cm³/mol. The molecule has 2 aromatic carbocycles. The van der Waals surface area contributed by atoms with Gasteiger partial charge in [0.15, 0.2) is 6.61 Å². The summed E-state index contributed by atoms with van der Waals surface area (Å²) in [7, 11) is 0. The molecule has 0 spiro atoms. The third kappa shape index (κ3) is 4.55. The summed E-state index contributed by atoms with van der Waals surface area (Å²) in [5.74, 6) is -1.07. The maximum atomic E-state index is 13.5. The lowest BCUT2D eigenvalue weighted by molar-refractivity contribution is -0.123. The fraction of sp³-hybridized carbons (Fsp3) is 0.222. The minimum Gasteiger partial charge on any atom is -0.483 e. The highest BCUT2D eigenvalue weighted by Gasteiger charge is 2.13. The van der Waals surface area contributed by atoms with E-state index in [1.54, 1.807) is 6.07 Å². The molecule has 0 aliphatic rings. The third-order valence-electron chi connectivity index (χ3n) is 3.33. The summed E-state index contributed by atoms with van der Waals surface area (Å²) in [6, 6.07) is 12.9. The molecule has 0 aliphatic carbocycles. The third-order valence-corrected chi connectivity index (χ3v) is 3.33. The quantitative estimate of drug-likeness (QED) is 0.829. The summed E-state index contributed by atoms with van der Waals surface area (Å²) >= 11 is 0. The number of ether oxygens (including phenoxy) is 1. The van der Waals surface area contributed by atoms with Gasteiger partial charge in [0, 0.05) is 0 Å². The van der Waals surface area contributed by atoms with Crippen LogP contribution < -0.4 is 15.6 Å². The van der Waals surface area contributed by atoms with E-state index < -0.39 is 17.6 Å². The van der Waals surface area contributed by atoms with Gasteiger partial charge in [-0.05, 0) is 29.7 Å². The number of rotatable bonds is 5. The number of nitrogens with one attached hydrogen (secondary N) is 2. The molecule has 0 bridgehead atoms. The summed E-state index contributed by atoms with van der Waals surface area (Å²) in [5, 5.41) is 0. The van der Waals surface area contributed by atoms with Gasteiger partial charge in [0.25, 0.3) is 11.8 Å². The van der Waals surface area contributed by atoms with Gasteiger partial charge in [0.1, 0.15) is 11.6 Å². The van der Waals surface area contributed by atoms with Crippen LogP contribution in [0.4, 0.5) is 4.39 Å². The second-order valence-electron chi connectivity index (χ2n) is 5.46. The van der Waals surface area contributed by atoms with Gasteiger partial charge in [-0.25, -0.2) is 4.39 Å². The van der Waals surface area contributed by atoms with E-state index in [1.807, 2.05) is 32.0 Å². The normalized spacial score (nSPS) is 10.3. The second-order valence-corrected chi connectivity index (χ2v) is 5.46. The molecule has 2 amide bonds. The second kappa shape index (κ2) is 8.10. The zero-order valence-electron chi connectivity index (χ0n) is 13.5. The lowest BCUT2D eigenvalue weighted by Crippen LogP contribution is -2.44. The lowest BCUT2D eigenvalue weighted by Gasteiger charge is -2.14. The highest BCUT2D eigenvalue weighted by Crippen LogP contribution is 2.25. The molecule has 2 aromatic rings. The molecule has 0 aliphatic heterocycles. The Morgan fingerprint density at radius 2 is 1.71 bits per heavy atom. The zero-order chi connectivity index (χ0) is 17.5. The first-order chi connectivity index (χ1) is 11.5. The van der Waals surface area contributed by atoms with Crippen molar-refractivity contribution in [2.24, 2.45) is 0 Å². The van der Waals surface area contributed by atoms with Gasteiger partial charge in [-0.2, -0.15) is 0 Å². The van der Waals surface area contributed by atoms with Crippen LogP contribution in [0.2, 0.25) is 0 Å². The standard InChI is InChI=1S/C18H19FN2O3/c1-12(2)13-7-4-6-10-16(13)24-11-17(22)20-21-18(23)14-8-3-5-9-15(14)19/h3-10,12H,11H2,1-2H3,(H,20,22)(H,21,23). The van der Waals surface area contributed by atoms with Crippen molar-refractivity contribution >= 4 is 11.8 Å². The topological polar surface area (TPSA) is 67.4 Å². The number of benzene rings is 2. The van der Waals surface area contributed by atoms with Crippen LogP contribution in [0, 0.1) is 5.82 Å². The number of halogens is 1. The van der Waals surface area contributed by atoms with E-state index in [0.29, 0.717) is 5.75 Å².